The van der Waals surface area contributed by atoms with Crippen LogP contribution < -0.4 is 5.32 Å². The summed E-state index contributed by atoms with van der Waals surface area (Å²) in [5.41, 5.74) is -4.61. The number of allylic oxidation sites excluding steroid dienone is 1. The molecule has 0 unspecified atom stereocenters. The number of rotatable bonds is 2. The van der Waals surface area contributed by atoms with Crippen LogP contribution in [0.1, 0.15) is 64.0 Å². The first-order chi connectivity index (χ1) is 17.5. The second kappa shape index (κ2) is 9.03. The summed E-state index contributed by atoms with van der Waals surface area (Å²) in [6.07, 6.45) is -2.94. The average molecular weight is 560 g/mol. The molecule has 3 fully saturated rings. The van der Waals surface area contributed by atoms with E-state index in [1.54, 1.807) is 6.08 Å². The third-order valence-corrected chi connectivity index (χ3v) is 11.3. The van der Waals surface area contributed by atoms with Gasteiger partial charge in [-0.25, -0.2) is 0 Å². The minimum atomic E-state index is -5.05. The second-order valence-corrected chi connectivity index (χ2v) is 13.4. The lowest BCUT2D eigenvalue weighted by Crippen LogP contribution is -2.55. The van der Waals surface area contributed by atoms with E-state index in [0.717, 1.165) is 19.3 Å². The maximum absolute atomic E-state index is 13.6. The van der Waals surface area contributed by atoms with Crippen LogP contribution in [0.15, 0.2) is 30.4 Å². The summed E-state index contributed by atoms with van der Waals surface area (Å²) in [7, 11) is 0. The number of para-hydroxylation sites is 1. The molecular weight excluding hydrogens is 528 g/mol. The standard InChI is InChI=1S/C28H31F6NO2S/c1-14-11-20-26(3,10-8-21(36)38-20)16-7-9-25(2)13-15(12-19(25)22(14)16)24(37)35-23-17(27(29,30)31)5-4-6-18(23)28(32,33)34/h4-6,8,10,14-16,19-20,22H,7,9,11-13H2,1-3H3,(H,35,37)/t14-,15-,16-,19-,20+,22+,25+,26+/m0/s1. The molecule has 3 saturated carbocycles. The zero-order valence-corrected chi connectivity index (χ0v) is 22.2. The van der Waals surface area contributed by atoms with Crippen LogP contribution in [0.25, 0.3) is 0 Å². The van der Waals surface area contributed by atoms with E-state index in [-0.39, 0.29) is 33.0 Å². The molecule has 1 aliphatic heterocycles. The van der Waals surface area contributed by atoms with Crippen molar-refractivity contribution < 1.29 is 35.9 Å². The first kappa shape index (κ1) is 27.6. The molecule has 1 aromatic carbocycles. The van der Waals surface area contributed by atoms with Crippen LogP contribution in [0, 0.1) is 40.4 Å². The molecule has 0 bridgehead atoms. The largest absolute Gasteiger partial charge is 0.418 e. The Morgan fingerprint density at radius 3 is 2.26 bits per heavy atom. The van der Waals surface area contributed by atoms with Crippen LogP contribution in [0.4, 0.5) is 32.0 Å². The fraction of sp³-hybridized carbons (Fsp3) is 0.643. The number of carbonyl (C=O) groups is 2. The van der Waals surface area contributed by atoms with Gasteiger partial charge in [-0.15, -0.1) is 0 Å². The quantitative estimate of drug-likeness (QED) is 0.374. The molecule has 0 aromatic heterocycles. The third-order valence-electron chi connectivity index (χ3n) is 9.97. The zero-order chi connectivity index (χ0) is 27.8. The van der Waals surface area contributed by atoms with Gasteiger partial charge in [0.05, 0.1) is 16.8 Å². The van der Waals surface area contributed by atoms with Gasteiger partial charge in [0.2, 0.25) is 11.0 Å². The minimum absolute atomic E-state index is 0.0636. The summed E-state index contributed by atoms with van der Waals surface area (Å²) in [6, 6.07) is 1.83. The van der Waals surface area contributed by atoms with E-state index < -0.39 is 41.0 Å². The number of thioether (sulfide) groups is 1. The maximum atomic E-state index is 13.6. The fourth-order valence-electron chi connectivity index (χ4n) is 8.18. The molecule has 1 aromatic rings. The monoisotopic (exact) mass is 559 g/mol. The molecule has 1 amide bonds. The first-order valence-electron chi connectivity index (χ1n) is 13.0. The van der Waals surface area contributed by atoms with Gasteiger partial charge in [-0.2, -0.15) is 26.3 Å². The summed E-state index contributed by atoms with van der Waals surface area (Å²) in [4.78, 5) is 25.4. The van der Waals surface area contributed by atoms with Crippen LogP contribution in [0.2, 0.25) is 0 Å². The van der Waals surface area contributed by atoms with E-state index in [4.69, 9.17) is 0 Å². The molecule has 5 rings (SSSR count). The fourth-order valence-corrected chi connectivity index (χ4v) is 9.51. The maximum Gasteiger partial charge on any atom is 0.418 e. The molecule has 4 aliphatic rings. The van der Waals surface area contributed by atoms with E-state index >= 15 is 0 Å². The molecule has 8 atom stereocenters. The predicted octanol–water partition coefficient (Wildman–Crippen LogP) is 7.97. The molecule has 0 radical (unpaired) electrons. The molecule has 208 valence electrons. The molecular formula is C28H31F6NO2S. The number of halogens is 6. The number of anilines is 1. The second-order valence-electron chi connectivity index (χ2n) is 12.2. The Morgan fingerprint density at radius 1 is 1.03 bits per heavy atom. The zero-order valence-electron chi connectivity index (χ0n) is 21.4. The van der Waals surface area contributed by atoms with Gasteiger partial charge in [0.25, 0.3) is 0 Å². The predicted molar refractivity (Wildman–Crippen MR) is 133 cm³/mol. The Balaban J connectivity index is 1.43. The van der Waals surface area contributed by atoms with Crippen LogP contribution in [-0.4, -0.2) is 16.3 Å². The van der Waals surface area contributed by atoms with Crippen molar-refractivity contribution in [1.82, 2.24) is 0 Å². The van der Waals surface area contributed by atoms with Gasteiger partial charge in [0, 0.05) is 16.6 Å². The Labute approximate surface area is 222 Å². The van der Waals surface area contributed by atoms with Crippen LogP contribution in [0.5, 0.6) is 0 Å². The van der Waals surface area contributed by atoms with E-state index in [9.17, 15) is 35.9 Å². The number of nitrogens with one attached hydrogen (secondary N) is 1. The third kappa shape index (κ3) is 4.48. The van der Waals surface area contributed by atoms with Gasteiger partial charge >= 0.3 is 12.4 Å². The number of alkyl halides is 6. The lowest BCUT2D eigenvalue weighted by molar-refractivity contribution is -0.141. The van der Waals surface area contributed by atoms with E-state index in [1.807, 2.05) is 0 Å². The van der Waals surface area contributed by atoms with Crippen molar-refractivity contribution in [3.8, 4) is 0 Å². The molecule has 0 saturated heterocycles. The van der Waals surface area contributed by atoms with Crippen molar-refractivity contribution in [3.63, 3.8) is 0 Å². The van der Waals surface area contributed by atoms with Gasteiger partial charge in [-0.1, -0.05) is 44.7 Å². The number of carbonyl (C=O) groups excluding carboxylic acids is 2. The number of fused-ring (bicyclic) bond motifs is 5. The smallest absolute Gasteiger partial charge is 0.325 e. The highest BCUT2D eigenvalue weighted by atomic mass is 32.2. The minimum Gasteiger partial charge on any atom is -0.325 e. The summed E-state index contributed by atoms with van der Waals surface area (Å²) >= 11 is 1.39. The lowest BCUT2D eigenvalue weighted by Gasteiger charge is -2.60. The van der Waals surface area contributed by atoms with Crippen LogP contribution in [0.3, 0.4) is 0 Å². The molecule has 3 nitrogen and oxygen atoms in total. The molecule has 38 heavy (non-hydrogen) atoms. The number of hydrogen-bond donors (Lipinski definition) is 1. The van der Waals surface area contributed by atoms with Gasteiger partial charge < -0.3 is 5.32 Å². The Kier molecular flexibility index (Phi) is 6.56. The van der Waals surface area contributed by atoms with Crippen LogP contribution in [-0.2, 0) is 21.9 Å². The topological polar surface area (TPSA) is 46.2 Å². The van der Waals surface area contributed by atoms with E-state index in [1.165, 1.54) is 11.8 Å². The van der Waals surface area contributed by atoms with Gasteiger partial charge in [0.1, 0.15) is 0 Å². The molecule has 3 aliphatic carbocycles. The number of hydrogen-bond acceptors (Lipinski definition) is 3. The molecule has 10 heteroatoms. The van der Waals surface area contributed by atoms with Crippen LogP contribution >= 0.6 is 11.8 Å². The summed E-state index contributed by atoms with van der Waals surface area (Å²) < 4.78 is 81.7. The highest BCUT2D eigenvalue weighted by Crippen LogP contribution is 2.67. The summed E-state index contributed by atoms with van der Waals surface area (Å²) in [5.74, 6) is -0.484. The molecule has 1 heterocycles. The Hall–Kier alpha value is -1.97. The van der Waals surface area contributed by atoms with Crippen molar-refractivity contribution in [2.75, 3.05) is 5.32 Å². The summed E-state index contributed by atoms with van der Waals surface area (Å²) in [5, 5.41) is 2.32. The normalized spacial score (nSPS) is 38.8. The van der Waals surface area contributed by atoms with Crippen molar-refractivity contribution in [1.29, 1.82) is 0 Å². The highest BCUT2D eigenvalue weighted by molar-refractivity contribution is 8.14. The van der Waals surface area contributed by atoms with Crippen molar-refractivity contribution >= 4 is 28.5 Å². The Morgan fingerprint density at radius 2 is 1.66 bits per heavy atom. The highest BCUT2D eigenvalue weighted by Gasteiger charge is 2.61. The Bertz CT molecular complexity index is 1150. The number of amides is 1. The van der Waals surface area contributed by atoms with Gasteiger partial charge in [0.15, 0.2) is 0 Å². The first-order valence-corrected chi connectivity index (χ1v) is 13.9. The molecule has 0 spiro atoms. The molecule has 1 N–H and O–H groups in total. The average Bonchev–Trinajstić information content (AvgIpc) is 3.17. The lowest BCUT2D eigenvalue weighted by atomic mass is 9.48. The number of benzene rings is 1. The van der Waals surface area contributed by atoms with E-state index in [2.05, 4.69) is 32.2 Å². The van der Waals surface area contributed by atoms with Crippen molar-refractivity contribution in [2.24, 2.45) is 40.4 Å². The van der Waals surface area contributed by atoms with Crippen molar-refractivity contribution in [3.05, 3.63) is 41.5 Å². The van der Waals surface area contributed by atoms with Gasteiger partial charge in [-0.3, -0.25) is 9.59 Å². The summed E-state index contributed by atoms with van der Waals surface area (Å²) in [6.45, 7) is 6.49. The van der Waals surface area contributed by atoms with Gasteiger partial charge in [-0.05, 0) is 79.4 Å². The SMILES string of the molecule is C[C@H]1C[C@H]2SC(=O)C=C[C@]2(C)[C@H]2CC[C@]3(C)C[C@@H](C(=O)Nc4c(C(F)(F)F)cccc4C(F)(F)F)C[C@H]3[C@H]12. The van der Waals surface area contributed by atoms with E-state index in [0.29, 0.717) is 42.9 Å². The van der Waals surface area contributed by atoms with Crippen molar-refractivity contribution in [2.45, 2.75) is 70.5 Å².